The van der Waals surface area contributed by atoms with Gasteiger partial charge < -0.3 is 5.11 Å². The molecule has 0 spiro atoms. The topological polar surface area (TPSA) is 55.1 Å². The molecule has 1 N–H and O–H groups in total. The lowest BCUT2D eigenvalue weighted by atomic mass is 9.89. The molecule has 0 aliphatic heterocycles. The molecule has 1 aromatic heterocycles. The largest absolute Gasteiger partial charge is 0.478 e. The highest BCUT2D eigenvalue weighted by atomic mass is 16.4. The summed E-state index contributed by atoms with van der Waals surface area (Å²) < 4.78 is 1.88. The Morgan fingerprint density at radius 2 is 2.35 bits per heavy atom. The van der Waals surface area contributed by atoms with Gasteiger partial charge in [-0.2, -0.15) is 5.10 Å². The molecule has 2 aliphatic carbocycles. The summed E-state index contributed by atoms with van der Waals surface area (Å²) in [5, 5.41) is 13.2. The molecule has 3 unspecified atom stereocenters. The van der Waals surface area contributed by atoms with Gasteiger partial charge in [-0.1, -0.05) is 6.42 Å². The fourth-order valence-electron chi connectivity index (χ4n) is 3.66. The maximum atomic E-state index is 10.9. The van der Waals surface area contributed by atoms with E-state index < -0.39 is 5.97 Å². The lowest BCUT2D eigenvalue weighted by Crippen LogP contribution is -2.19. The molecule has 3 rings (SSSR count). The Hall–Kier alpha value is -1.32. The van der Waals surface area contributed by atoms with Crippen LogP contribution < -0.4 is 0 Å². The van der Waals surface area contributed by atoms with Crippen molar-refractivity contribution in [3.63, 3.8) is 0 Å². The first-order valence-corrected chi connectivity index (χ1v) is 6.41. The van der Waals surface area contributed by atoms with E-state index in [0.29, 0.717) is 11.5 Å². The number of fused-ring (bicyclic) bond motifs is 2. The van der Waals surface area contributed by atoms with Crippen molar-refractivity contribution in [2.24, 2.45) is 17.8 Å². The summed E-state index contributed by atoms with van der Waals surface area (Å²) in [6, 6.07) is 0. The summed E-state index contributed by atoms with van der Waals surface area (Å²) >= 11 is 0. The van der Waals surface area contributed by atoms with Gasteiger partial charge in [-0.3, -0.25) is 4.68 Å². The van der Waals surface area contributed by atoms with Crippen molar-refractivity contribution in [3.05, 3.63) is 17.5 Å². The number of carbonyl (C=O) groups is 1. The van der Waals surface area contributed by atoms with Crippen molar-refractivity contribution in [2.45, 2.75) is 39.2 Å². The van der Waals surface area contributed by atoms with Crippen LogP contribution in [0.25, 0.3) is 0 Å². The zero-order valence-corrected chi connectivity index (χ0v) is 10.1. The van der Waals surface area contributed by atoms with Crippen molar-refractivity contribution in [3.8, 4) is 0 Å². The van der Waals surface area contributed by atoms with Crippen molar-refractivity contribution < 1.29 is 9.90 Å². The molecule has 0 radical (unpaired) electrons. The van der Waals surface area contributed by atoms with Crippen LogP contribution in [0.2, 0.25) is 0 Å². The molecule has 1 aromatic rings. The van der Waals surface area contributed by atoms with Gasteiger partial charge in [-0.15, -0.1) is 0 Å². The second-order valence-electron chi connectivity index (χ2n) is 5.57. The van der Waals surface area contributed by atoms with E-state index >= 15 is 0 Å². The van der Waals surface area contributed by atoms with Gasteiger partial charge in [0.1, 0.15) is 5.56 Å². The van der Waals surface area contributed by atoms with Crippen LogP contribution in [0.15, 0.2) is 6.20 Å². The van der Waals surface area contributed by atoms with Crippen LogP contribution in [0.4, 0.5) is 0 Å². The number of aromatic nitrogens is 2. The molecule has 3 atom stereocenters. The third kappa shape index (κ3) is 1.75. The Morgan fingerprint density at radius 3 is 2.88 bits per heavy atom. The van der Waals surface area contributed by atoms with E-state index in [-0.39, 0.29) is 0 Å². The molecular weight excluding hydrogens is 216 g/mol. The van der Waals surface area contributed by atoms with E-state index in [0.717, 1.165) is 24.1 Å². The molecule has 2 bridgehead atoms. The Balaban J connectivity index is 1.75. The zero-order valence-electron chi connectivity index (χ0n) is 10.1. The van der Waals surface area contributed by atoms with Gasteiger partial charge >= 0.3 is 5.97 Å². The maximum absolute atomic E-state index is 10.9. The highest BCUT2D eigenvalue weighted by Gasteiger charge is 2.39. The van der Waals surface area contributed by atoms with Crippen LogP contribution in [-0.4, -0.2) is 20.9 Å². The third-order valence-corrected chi connectivity index (χ3v) is 4.63. The van der Waals surface area contributed by atoms with E-state index in [9.17, 15) is 4.79 Å². The van der Waals surface area contributed by atoms with Crippen LogP contribution in [-0.2, 0) is 6.54 Å². The summed E-state index contributed by atoms with van der Waals surface area (Å²) in [6.45, 7) is 2.75. The van der Waals surface area contributed by atoms with Crippen LogP contribution in [0, 0.1) is 24.7 Å². The average molecular weight is 234 g/mol. The molecule has 92 valence electrons. The number of hydrogen-bond donors (Lipinski definition) is 1. The second kappa shape index (κ2) is 3.86. The SMILES string of the molecule is Cc1c(C(=O)O)cnn1CC1CC2CCC1C2. The van der Waals surface area contributed by atoms with E-state index in [1.807, 2.05) is 11.6 Å². The molecule has 0 saturated heterocycles. The van der Waals surface area contributed by atoms with Crippen molar-refractivity contribution in [1.29, 1.82) is 0 Å². The molecular formula is C13H18N2O2. The van der Waals surface area contributed by atoms with E-state index in [2.05, 4.69) is 5.10 Å². The monoisotopic (exact) mass is 234 g/mol. The standard InChI is InChI=1S/C13H18N2O2/c1-8-12(13(16)17)6-14-15(8)7-11-5-9-2-3-10(11)4-9/h6,9-11H,2-5,7H2,1H3,(H,16,17). The lowest BCUT2D eigenvalue weighted by molar-refractivity contribution is 0.0696. The van der Waals surface area contributed by atoms with Gasteiger partial charge in [-0.25, -0.2) is 4.79 Å². The number of carboxylic acids is 1. The maximum Gasteiger partial charge on any atom is 0.339 e. The van der Waals surface area contributed by atoms with Crippen LogP contribution >= 0.6 is 0 Å². The Labute approximate surface area is 101 Å². The van der Waals surface area contributed by atoms with Gasteiger partial charge in [0, 0.05) is 12.2 Å². The number of nitrogens with zero attached hydrogens (tertiary/aromatic N) is 2. The minimum absolute atomic E-state index is 0.341. The normalized spacial score (nSPS) is 31.0. The van der Waals surface area contributed by atoms with Gasteiger partial charge in [0.15, 0.2) is 0 Å². The summed E-state index contributed by atoms with van der Waals surface area (Å²) in [5.41, 5.74) is 1.13. The molecule has 2 fully saturated rings. The summed E-state index contributed by atoms with van der Waals surface area (Å²) in [7, 11) is 0. The highest BCUT2D eigenvalue weighted by molar-refractivity contribution is 5.88. The molecule has 4 nitrogen and oxygen atoms in total. The van der Waals surface area contributed by atoms with Gasteiger partial charge in [-0.05, 0) is 43.9 Å². The fourth-order valence-corrected chi connectivity index (χ4v) is 3.66. The quantitative estimate of drug-likeness (QED) is 0.873. The first-order chi connectivity index (χ1) is 8.15. The predicted molar refractivity (Wildman–Crippen MR) is 62.9 cm³/mol. The van der Waals surface area contributed by atoms with Crippen LogP contribution in [0.3, 0.4) is 0 Å². The Morgan fingerprint density at radius 1 is 1.53 bits per heavy atom. The van der Waals surface area contributed by atoms with E-state index in [4.69, 9.17) is 5.11 Å². The first kappa shape index (κ1) is 10.8. The average Bonchev–Trinajstić information content (AvgIpc) is 2.95. The summed E-state index contributed by atoms with van der Waals surface area (Å²) in [4.78, 5) is 10.9. The van der Waals surface area contributed by atoms with Crippen LogP contribution in [0.1, 0.15) is 41.7 Å². The van der Waals surface area contributed by atoms with Gasteiger partial charge in [0.2, 0.25) is 0 Å². The Bertz CT molecular complexity index is 452. The Kier molecular flexibility index (Phi) is 2.45. The van der Waals surface area contributed by atoms with Crippen molar-refractivity contribution in [2.75, 3.05) is 0 Å². The summed E-state index contributed by atoms with van der Waals surface area (Å²) in [6.07, 6.45) is 6.94. The van der Waals surface area contributed by atoms with Crippen molar-refractivity contribution in [1.82, 2.24) is 9.78 Å². The molecule has 0 amide bonds. The van der Waals surface area contributed by atoms with Crippen molar-refractivity contribution >= 4 is 5.97 Å². The summed E-state index contributed by atoms with van der Waals surface area (Å²) in [5.74, 6) is 1.63. The molecule has 4 heteroatoms. The number of rotatable bonds is 3. The van der Waals surface area contributed by atoms with E-state index in [1.165, 1.54) is 31.9 Å². The van der Waals surface area contributed by atoms with Crippen LogP contribution in [0.5, 0.6) is 0 Å². The molecule has 0 aromatic carbocycles. The number of carboxylic acid groups (broad SMARTS) is 1. The van der Waals surface area contributed by atoms with Gasteiger partial charge in [0.05, 0.1) is 6.20 Å². The minimum atomic E-state index is -0.873. The predicted octanol–water partition coefficient (Wildman–Crippen LogP) is 2.33. The third-order valence-electron chi connectivity index (χ3n) is 4.63. The van der Waals surface area contributed by atoms with E-state index in [1.54, 1.807) is 0 Å². The molecule has 2 saturated carbocycles. The minimum Gasteiger partial charge on any atom is -0.478 e. The highest BCUT2D eigenvalue weighted by Crippen LogP contribution is 2.48. The molecule has 2 aliphatic rings. The second-order valence-corrected chi connectivity index (χ2v) is 5.57. The lowest BCUT2D eigenvalue weighted by Gasteiger charge is -2.22. The van der Waals surface area contributed by atoms with Gasteiger partial charge in [0.25, 0.3) is 0 Å². The first-order valence-electron chi connectivity index (χ1n) is 6.41. The smallest absolute Gasteiger partial charge is 0.339 e. The number of aromatic carboxylic acids is 1. The number of hydrogen-bond acceptors (Lipinski definition) is 2. The zero-order chi connectivity index (χ0) is 12.0. The molecule has 1 heterocycles. The molecule has 17 heavy (non-hydrogen) atoms. The fraction of sp³-hybridized carbons (Fsp3) is 0.692.